The van der Waals surface area contributed by atoms with Crippen molar-refractivity contribution >= 4 is 18.6 Å². The van der Waals surface area contributed by atoms with Gasteiger partial charge in [-0.2, -0.15) is 12.6 Å². The van der Waals surface area contributed by atoms with Crippen molar-refractivity contribution in [2.45, 2.75) is 85.0 Å². The van der Waals surface area contributed by atoms with E-state index in [-0.39, 0.29) is 11.7 Å². The molecule has 0 aromatic rings. The van der Waals surface area contributed by atoms with Gasteiger partial charge in [0, 0.05) is 0 Å². The van der Waals surface area contributed by atoms with Crippen molar-refractivity contribution in [3.05, 3.63) is 0 Å². The first kappa shape index (κ1) is 20.8. The van der Waals surface area contributed by atoms with E-state index in [1.54, 1.807) is 0 Å². The van der Waals surface area contributed by atoms with Crippen LogP contribution in [0.15, 0.2) is 0 Å². The Morgan fingerprint density at radius 2 is 1.52 bits per heavy atom. The van der Waals surface area contributed by atoms with Gasteiger partial charge in [-0.1, -0.05) is 78.6 Å². The van der Waals surface area contributed by atoms with Crippen LogP contribution in [-0.4, -0.2) is 18.3 Å². The van der Waals surface area contributed by atoms with Crippen molar-refractivity contribution < 1.29 is 9.53 Å². The monoisotopic (exact) mass is 316 g/mol. The minimum Gasteiger partial charge on any atom is -0.465 e. The second kappa shape index (κ2) is 14.7. The molecule has 0 bridgehead atoms. The van der Waals surface area contributed by atoms with Gasteiger partial charge in [0.25, 0.3) is 0 Å². The zero-order valence-corrected chi connectivity index (χ0v) is 15.3. The molecule has 2 nitrogen and oxygen atoms in total. The third kappa shape index (κ3) is 12.1. The van der Waals surface area contributed by atoms with Crippen molar-refractivity contribution in [1.29, 1.82) is 0 Å². The zero-order valence-electron chi connectivity index (χ0n) is 14.4. The Hall–Kier alpha value is -0.180. The molecule has 0 spiro atoms. The fraction of sp³-hybridized carbons (Fsp3) is 0.944. The van der Waals surface area contributed by atoms with E-state index in [2.05, 4.69) is 33.4 Å². The van der Waals surface area contributed by atoms with E-state index in [0.29, 0.717) is 18.4 Å². The van der Waals surface area contributed by atoms with Crippen LogP contribution in [0.5, 0.6) is 0 Å². The standard InChI is InChI=1S/C18H36O2S/c1-4-6-8-10-12-16(3)17(13-11-9-7-5-2)14-20-18(19)15-21/h16-17,21H,4-15H2,1-3H3. The maximum Gasteiger partial charge on any atom is 0.315 e. The Bertz CT molecular complexity index is 243. The second-order valence-corrected chi connectivity index (χ2v) is 6.59. The maximum atomic E-state index is 11.3. The number of thiol groups is 1. The molecule has 21 heavy (non-hydrogen) atoms. The van der Waals surface area contributed by atoms with Crippen LogP contribution in [0.2, 0.25) is 0 Å². The van der Waals surface area contributed by atoms with E-state index in [1.807, 2.05) is 0 Å². The number of rotatable bonds is 14. The fourth-order valence-electron chi connectivity index (χ4n) is 2.74. The molecule has 0 rings (SSSR count). The molecule has 0 aliphatic heterocycles. The van der Waals surface area contributed by atoms with E-state index in [9.17, 15) is 4.79 Å². The molecule has 0 aromatic carbocycles. The van der Waals surface area contributed by atoms with Crippen LogP contribution in [0.4, 0.5) is 0 Å². The molecule has 0 aromatic heterocycles. The summed E-state index contributed by atoms with van der Waals surface area (Å²) in [6, 6.07) is 0. The topological polar surface area (TPSA) is 26.3 Å². The van der Waals surface area contributed by atoms with Gasteiger partial charge in [-0.15, -0.1) is 0 Å². The highest BCUT2D eigenvalue weighted by Gasteiger charge is 2.18. The van der Waals surface area contributed by atoms with E-state index >= 15 is 0 Å². The summed E-state index contributed by atoms with van der Waals surface area (Å²) in [5.74, 6) is 1.17. The summed E-state index contributed by atoms with van der Waals surface area (Å²) in [5.41, 5.74) is 0. The molecule has 0 aliphatic rings. The number of unbranched alkanes of at least 4 members (excludes halogenated alkanes) is 6. The summed E-state index contributed by atoms with van der Waals surface area (Å²) >= 11 is 3.97. The lowest BCUT2D eigenvalue weighted by atomic mass is 9.86. The van der Waals surface area contributed by atoms with Crippen molar-refractivity contribution in [2.75, 3.05) is 12.4 Å². The highest BCUT2D eigenvalue weighted by atomic mass is 32.1. The lowest BCUT2D eigenvalue weighted by Crippen LogP contribution is -2.21. The number of carbonyl (C=O) groups is 1. The normalized spacial score (nSPS) is 13.9. The van der Waals surface area contributed by atoms with E-state index < -0.39 is 0 Å². The van der Waals surface area contributed by atoms with Gasteiger partial charge in [-0.05, 0) is 18.3 Å². The molecule has 0 amide bonds. The average Bonchev–Trinajstić information content (AvgIpc) is 2.50. The summed E-state index contributed by atoms with van der Waals surface area (Å²) in [5, 5.41) is 0. The molecule has 0 saturated carbocycles. The van der Waals surface area contributed by atoms with Gasteiger partial charge in [-0.25, -0.2) is 0 Å². The van der Waals surface area contributed by atoms with Crippen molar-refractivity contribution in [3.63, 3.8) is 0 Å². The molecule has 0 fully saturated rings. The Morgan fingerprint density at radius 1 is 0.952 bits per heavy atom. The number of carbonyl (C=O) groups excluding carboxylic acids is 1. The first-order valence-corrected chi connectivity index (χ1v) is 9.55. The highest BCUT2D eigenvalue weighted by Crippen LogP contribution is 2.25. The fourth-order valence-corrected chi connectivity index (χ4v) is 2.83. The first-order valence-electron chi connectivity index (χ1n) is 8.92. The molecular weight excluding hydrogens is 280 g/mol. The van der Waals surface area contributed by atoms with Crippen molar-refractivity contribution in [1.82, 2.24) is 0 Å². The van der Waals surface area contributed by atoms with Gasteiger partial charge in [-0.3, -0.25) is 4.79 Å². The molecule has 2 atom stereocenters. The third-order valence-electron chi connectivity index (χ3n) is 4.33. The zero-order chi connectivity index (χ0) is 15.9. The van der Waals surface area contributed by atoms with Crippen LogP contribution in [0, 0.1) is 11.8 Å². The quantitative estimate of drug-likeness (QED) is 0.254. The summed E-state index contributed by atoms with van der Waals surface area (Å²) < 4.78 is 5.34. The number of hydrogen-bond acceptors (Lipinski definition) is 3. The smallest absolute Gasteiger partial charge is 0.315 e. The highest BCUT2D eigenvalue weighted by molar-refractivity contribution is 7.81. The molecule has 3 heteroatoms. The Kier molecular flexibility index (Phi) is 14.6. The minimum atomic E-state index is -0.185. The van der Waals surface area contributed by atoms with Crippen LogP contribution in [0.25, 0.3) is 0 Å². The molecule has 2 unspecified atom stereocenters. The summed E-state index contributed by atoms with van der Waals surface area (Å²) in [7, 11) is 0. The van der Waals surface area contributed by atoms with Crippen molar-refractivity contribution in [2.24, 2.45) is 11.8 Å². The molecule has 0 radical (unpaired) electrons. The third-order valence-corrected chi connectivity index (χ3v) is 4.59. The molecular formula is C18H36O2S. The largest absolute Gasteiger partial charge is 0.465 e. The maximum absolute atomic E-state index is 11.3. The summed E-state index contributed by atoms with van der Waals surface area (Å²) in [6.07, 6.45) is 12.9. The van der Waals surface area contributed by atoms with E-state index in [1.165, 1.54) is 64.2 Å². The lowest BCUT2D eigenvalue weighted by molar-refractivity contribution is -0.142. The molecule has 0 saturated heterocycles. The predicted octanol–water partition coefficient (Wildman–Crippen LogP) is 5.65. The van der Waals surface area contributed by atoms with Crippen LogP contribution in [0.3, 0.4) is 0 Å². The van der Waals surface area contributed by atoms with Crippen LogP contribution < -0.4 is 0 Å². The summed E-state index contributed by atoms with van der Waals surface area (Å²) in [4.78, 5) is 11.3. The summed E-state index contributed by atoms with van der Waals surface area (Å²) in [6.45, 7) is 7.39. The Morgan fingerprint density at radius 3 is 2.05 bits per heavy atom. The number of ether oxygens (including phenoxy) is 1. The van der Waals surface area contributed by atoms with Crippen LogP contribution in [0.1, 0.15) is 85.0 Å². The van der Waals surface area contributed by atoms with Gasteiger partial charge >= 0.3 is 5.97 Å². The SMILES string of the molecule is CCCCCCC(C)C(CCCCCC)COC(=O)CS. The van der Waals surface area contributed by atoms with Crippen molar-refractivity contribution in [3.8, 4) is 0 Å². The molecule has 126 valence electrons. The molecule has 0 aliphatic carbocycles. The Balaban J connectivity index is 4.10. The van der Waals surface area contributed by atoms with Gasteiger partial charge in [0.05, 0.1) is 12.4 Å². The van der Waals surface area contributed by atoms with Gasteiger partial charge in [0.1, 0.15) is 0 Å². The van der Waals surface area contributed by atoms with Crippen LogP contribution >= 0.6 is 12.6 Å². The van der Waals surface area contributed by atoms with Crippen LogP contribution in [-0.2, 0) is 9.53 Å². The number of esters is 1. The second-order valence-electron chi connectivity index (χ2n) is 6.28. The Labute approximate surface area is 137 Å². The van der Waals surface area contributed by atoms with Gasteiger partial charge in [0.15, 0.2) is 0 Å². The van der Waals surface area contributed by atoms with E-state index in [4.69, 9.17) is 4.74 Å². The van der Waals surface area contributed by atoms with Gasteiger partial charge in [0.2, 0.25) is 0 Å². The minimum absolute atomic E-state index is 0.185. The first-order chi connectivity index (χ1) is 10.2. The van der Waals surface area contributed by atoms with Gasteiger partial charge < -0.3 is 4.74 Å². The number of hydrogen-bond donors (Lipinski definition) is 1. The molecule has 0 heterocycles. The lowest BCUT2D eigenvalue weighted by Gasteiger charge is -2.24. The predicted molar refractivity (Wildman–Crippen MR) is 95.0 cm³/mol. The average molecular weight is 317 g/mol. The van der Waals surface area contributed by atoms with E-state index in [0.717, 1.165) is 0 Å². The molecule has 0 N–H and O–H groups in total.